The molecule has 2 unspecified atom stereocenters. The average Bonchev–Trinajstić information content (AvgIpc) is 2.40. The molecule has 6 heteroatoms. The molecule has 1 aliphatic heterocycles. The molecule has 2 heterocycles. The fourth-order valence-electron chi connectivity index (χ4n) is 2.32. The van der Waals surface area contributed by atoms with Crippen LogP contribution in [0.25, 0.3) is 0 Å². The van der Waals surface area contributed by atoms with E-state index in [9.17, 15) is 0 Å². The van der Waals surface area contributed by atoms with E-state index in [1.54, 1.807) is 14.2 Å². The lowest BCUT2D eigenvalue weighted by Gasteiger charge is -2.37. The van der Waals surface area contributed by atoms with Crippen molar-refractivity contribution in [2.75, 3.05) is 37.9 Å². The molecule has 0 saturated carbocycles. The summed E-state index contributed by atoms with van der Waals surface area (Å²) in [7, 11) is 3.30. The third kappa shape index (κ3) is 2.33. The van der Waals surface area contributed by atoms with Crippen molar-refractivity contribution in [3.63, 3.8) is 0 Å². The van der Waals surface area contributed by atoms with Crippen LogP contribution in [0.15, 0.2) is 6.33 Å². The van der Waals surface area contributed by atoms with Crippen molar-refractivity contribution < 1.29 is 9.47 Å². The first-order valence-electron chi connectivity index (χ1n) is 6.09. The van der Waals surface area contributed by atoms with Crippen LogP contribution in [0.3, 0.4) is 0 Å². The molecule has 0 aliphatic carbocycles. The van der Waals surface area contributed by atoms with Crippen LogP contribution in [-0.2, 0) is 4.74 Å². The van der Waals surface area contributed by atoms with Crippen molar-refractivity contribution in [2.24, 2.45) is 5.92 Å². The van der Waals surface area contributed by atoms with Gasteiger partial charge in [-0.1, -0.05) is 6.92 Å². The topological polar surface area (TPSA) is 73.5 Å². The van der Waals surface area contributed by atoms with Crippen molar-refractivity contribution in [3.8, 4) is 5.88 Å². The summed E-state index contributed by atoms with van der Waals surface area (Å²) in [6, 6.07) is 0. The van der Waals surface area contributed by atoms with Crippen LogP contribution >= 0.6 is 0 Å². The molecule has 0 amide bonds. The third-order valence-electron chi connectivity index (χ3n) is 3.51. The summed E-state index contributed by atoms with van der Waals surface area (Å²) in [5, 5.41) is 0. The Labute approximate surface area is 107 Å². The first kappa shape index (κ1) is 12.9. The lowest BCUT2D eigenvalue weighted by atomic mass is 9.96. The summed E-state index contributed by atoms with van der Waals surface area (Å²) in [6.07, 6.45) is 2.74. The van der Waals surface area contributed by atoms with Crippen molar-refractivity contribution in [1.29, 1.82) is 0 Å². The Balaban J connectivity index is 2.21. The maximum atomic E-state index is 6.01. The molecule has 1 aliphatic rings. The molecule has 18 heavy (non-hydrogen) atoms. The summed E-state index contributed by atoms with van der Waals surface area (Å²) in [6.45, 7) is 3.92. The molecule has 0 aromatic carbocycles. The predicted molar refractivity (Wildman–Crippen MR) is 69.8 cm³/mol. The Morgan fingerprint density at radius 3 is 2.83 bits per heavy atom. The molecule has 1 fully saturated rings. The van der Waals surface area contributed by atoms with Crippen LogP contribution in [0.4, 0.5) is 11.5 Å². The number of rotatable bonds is 3. The lowest BCUT2D eigenvalue weighted by Crippen LogP contribution is -2.44. The number of piperidine rings is 1. The average molecular weight is 252 g/mol. The molecule has 1 aromatic rings. The second-order valence-corrected chi connectivity index (χ2v) is 4.61. The van der Waals surface area contributed by atoms with Gasteiger partial charge in [-0.25, -0.2) is 4.98 Å². The predicted octanol–water partition coefficient (Wildman–Crippen LogP) is 0.929. The second-order valence-electron chi connectivity index (χ2n) is 4.61. The highest BCUT2D eigenvalue weighted by Crippen LogP contribution is 2.31. The van der Waals surface area contributed by atoms with Crippen molar-refractivity contribution in [3.05, 3.63) is 6.33 Å². The van der Waals surface area contributed by atoms with E-state index in [0.717, 1.165) is 25.3 Å². The van der Waals surface area contributed by atoms with Crippen LogP contribution in [-0.4, -0.2) is 43.4 Å². The molecule has 0 spiro atoms. The van der Waals surface area contributed by atoms with Gasteiger partial charge in [0.25, 0.3) is 0 Å². The van der Waals surface area contributed by atoms with E-state index < -0.39 is 0 Å². The zero-order valence-corrected chi connectivity index (χ0v) is 11.1. The maximum absolute atomic E-state index is 6.01. The third-order valence-corrected chi connectivity index (χ3v) is 3.51. The van der Waals surface area contributed by atoms with Crippen LogP contribution in [0.5, 0.6) is 5.88 Å². The van der Waals surface area contributed by atoms with Gasteiger partial charge in [-0.15, -0.1) is 0 Å². The zero-order valence-electron chi connectivity index (χ0n) is 11.1. The standard InChI is InChI=1S/C12H20N4O2/c1-8-4-5-16(6-9(8)17-2)11-10(13)12(18-3)15-7-14-11/h7-9H,4-6,13H2,1-3H3. The molecule has 6 nitrogen and oxygen atoms in total. The van der Waals surface area contributed by atoms with Gasteiger partial charge in [0, 0.05) is 20.2 Å². The largest absolute Gasteiger partial charge is 0.479 e. The fourth-order valence-corrected chi connectivity index (χ4v) is 2.32. The van der Waals surface area contributed by atoms with E-state index in [4.69, 9.17) is 15.2 Å². The van der Waals surface area contributed by atoms with Gasteiger partial charge in [0.1, 0.15) is 12.0 Å². The van der Waals surface area contributed by atoms with E-state index in [1.165, 1.54) is 6.33 Å². The number of ether oxygens (including phenoxy) is 2. The number of nitrogens with two attached hydrogens (primary N) is 1. The highest BCUT2D eigenvalue weighted by atomic mass is 16.5. The SMILES string of the molecule is COc1ncnc(N2CCC(C)C(OC)C2)c1N. The Morgan fingerprint density at radius 2 is 2.17 bits per heavy atom. The minimum absolute atomic E-state index is 0.208. The second kappa shape index (κ2) is 5.39. The summed E-state index contributed by atoms with van der Waals surface area (Å²) < 4.78 is 10.6. The van der Waals surface area contributed by atoms with Crippen molar-refractivity contribution in [2.45, 2.75) is 19.4 Å². The van der Waals surface area contributed by atoms with Crippen LogP contribution in [0.2, 0.25) is 0 Å². The summed E-state index contributed by atoms with van der Waals surface area (Å²) in [4.78, 5) is 10.4. The summed E-state index contributed by atoms with van der Waals surface area (Å²) in [5.74, 6) is 1.71. The lowest BCUT2D eigenvalue weighted by molar-refractivity contribution is 0.0496. The number of nitrogen functional groups attached to an aromatic ring is 1. The maximum Gasteiger partial charge on any atom is 0.242 e. The summed E-state index contributed by atoms with van der Waals surface area (Å²) in [5.41, 5.74) is 6.50. The molecular formula is C12H20N4O2. The van der Waals surface area contributed by atoms with Gasteiger partial charge in [-0.2, -0.15) is 4.98 Å². The van der Waals surface area contributed by atoms with E-state index in [2.05, 4.69) is 21.8 Å². The monoisotopic (exact) mass is 252 g/mol. The molecule has 100 valence electrons. The molecule has 1 aromatic heterocycles. The zero-order chi connectivity index (χ0) is 13.1. The van der Waals surface area contributed by atoms with Crippen LogP contribution in [0.1, 0.15) is 13.3 Å². The van der Waals surface area contributed by atoms with E-state index in [0.29, 0.717) is 17.5 Å². The number of hydrogen-bond donors (Lipinski definition) is 1. The van der Waals surface area contributed by atoms with E-state index in [1.807, 2.05) is 0 Å². The molecule has 0 bridgehead atoms. The van der Waals surface area contributed by atoms with Crippen molar-refractivity contribution in [1.82, 2.24) is 9.97 Å². The number of anilines is 2. The van der Waals surface area contributed by atoms with Gasteiger partial charge < -0.3 is 20.1 Å². The van der Waals surface area contributed by atoms with Gasteiger partial charge in [-0.05, 0) is 12.3 Å². The van der Waals surface area contributed by atoms with Gasteiger partial charge in [0.15, 0.2) is 5.82 Å². The molecule has 0 radical (unpaired) electrons. The smallest absolute Gasteiger partial charge is 0.242 e. The van der Waals surface area contributed by atoms with E-state index in [-0.39, 0.29) is 6.10 Å². The van der Waals surface area contributed by atoms with Gasteiger partial charge >= 0.3 is 0 Å². The van der Waals surface area contributed by atoms with Crippen LogP contribution < -0.4 is 15.4 Å². The number of aromatic nitrogens is 2. The molecule has 2 atom stereocenters. The van der Waals surface area contributed by atoms with Crippen molar-refractivity contribution >= 4 is 11.5 Å². The molecule has 2 N–H and O–H groups in total. The first-order chi connectivity index (χ1) is 8.67. The highest BCUT2D eigenvalue weighted by molar-refractivity contribution is 5.67. The highest BCUT2D eigenvalue weighted by Gasteiger charge is 2.28. The van der Waals surface area contributed by atoms with Gasteiger partial charge in [0.2, 0.25) is 5.88 Å². The first-order valence-corrected chi connectivity index (χ1v) is 6.09. The Morgan fingerprint density at radius 1 is 1.39 bits per heavy atom. The fraction of sp³-hybridized carbons (Fsp3) is 0.667. The van der Waals surface area contributed by atoms with Gasteiger partial charge in [-0.3, -0.25) is 0 Å². The normalized spacial score (nSPS) is 24.1. The minimum Gasteiger partial charge on any atom is -0.479 e. The molecule has 1 saturated heterocycles. The Hall–Kier alpha value is -1.56. The molecule has 2 rings (SSSR count). The molecular weight excluding hydrogens is 232 g/mol. The van der Waals surface area contributed by atoms with Gasteiger partial charge in [0.05, 0.1) is 13.2 Å². The van der Waals surface area contributed by atoms with E-state index >= 15 is 0 Å². The Bertz CT molecular complexity index is 413. The minimum atomic E-state index is 0.208. The number of methoxy groups -OCH3 is 2. The number of hydrogen-bond acceptors (Lipinski definition) is 6. The van der Waals surface area contributed by atoms with Crippen LogP contribution in [0, 0.1) is 5.92 Å². The quantitative estimate of drug-likeness (QED) is 0.862. The Kier molecular flexibility index (Phi) is 3.86. The summed E-state index contributed by atoms with van der Waals surface area (Å²) >= 11 is 0. The number of nitrogens with zero attached hydrogens (tertiary/aromatic N) is 3.